The van der Waals surface area contributed by atoms with Crippen molar-refractivity contribution in [3.05, 3.63) is 17.0 Å². The first kappa shape index (κ1) is 16.8. The number of guanidine groups is 1. The zero-order valence-corrected chi connectivity index (χ0v) is 15.4. The molecule has 0 bridgehead atoms. The molecule has 5 nitrogen and oxygen atoms in total. The molecule has 0 amide bonds. The molecule has 0 atom stereocenters. The number of rotatable bonds is 3. The van der Waals surface area contributed by atoms with E-state index in [1.54, 1.807) is 0 Å². The van der Waals surface area contributed by atoms with Crippen molar-refractivity contribution < 1.29 is 0 Å². The lowest BCUT2D eigenvalue weighted by Gasteiger charge is -2.62. The van der Waals surface area contributed by atoms with Crippen LogP contribution in [0.4, 0.5) is 0 Å². The van der Waals surface area contributed by atoms with Crippen molar-refractivity contribution in [1.82, 2.24) is 20.0 Å². The number of hydrogen-bond donors (Lipinski definition) is 1. The fraction of sp³-hybridized carbons (Fsp3) is 0.765. The molecule has 0 aliphatic carbocycles. The van der Waals surface area contributed by atoms with Crippen molar-refractivity contribution in [1.29, 1.82) is 0 Å². The minimum absolute atomic E-state index is 0.118. The first-order valence-corrected chi connectivity index (χ1v) is 8.17. The molecule has 0 unspecified atom stereocenters. The predicted octanol–water partition coefficient (Wildman–Crippen LogP) is 2.62. The summed E-state index contributed by atoms with van der Waals surface area (Å²) in [6, 6.07) is 0. The van der Waals surface area contributed by atoms with Crippen LogP contribution in [0.2, 0.25) is 0 Å². The summed E-state index contributed by atoms with van der Waals surface area (Å²) < 4.78 is 1.93. The zero-order chi connectivity index (χ0) is 16.7. The molecule has 124 valence electrons. The second-order valence-corrected chi connectivity index (χ2v) is 7.47. The largest absolute Gasteiger partial charge is 0.356 e. The summed E-state index contributed by atoms with van der Waals surface area (Å²) in [5.74, 6) is 1.01. The van der Waals surface area contributed by atoms with Crippen LogP contribution in [0.15, 0.2) is 4.99 Å². The number of hydrogen-bond acceptors (Lipinski definition) is 2. The Hall–Kier alpha value is -1.52. The van der Waals surface area contributed by atoms with Crippen LogP contribution in [0.3, 0.4) is 0 Å². The maximum atomic E-state index is 4.88. The van der Waals surface area contributed by atoms with Gasteiger partial charge in [0, 0.05) is 42.3 Å². The van der Waals surface area contributed by atoms with Crippen molar-refractivity contribution in [3.8, 4) is 0 Å². The molecular weight excluding hydrogens is 274 g/mol. The van der Waals surface area contributed by atoms with Gasteiger partial charge >= 0.3 is 0 Å². The zero-order valence-electron chi connectivity index (χ0n) is 15.4. The lowest BCUT2D eigenvalue weighted by molar-refractivity contribution is -0.0667. The van der Waals surface area contributed by atoms with Gasteiger partial charge in [0.25, 0.3) is 0 Å². The summed E-state index contributed by atoms with van der Waals surface area (Å²) in [6.45, 7) is 18.1. The molecule has 1 aromatic heterocycles. The van der Waals surface area contributed by atoms with E-state index in [-0.39, 0.29) is 5.54 Å². The van der Waals surface area contributed by atoms with Gasteiger partial charge in [0.1, 0.15) is 0 Å². The van der Waals surface area contributed by atoms with Crippen LogP contribution in [0.25, 0.3) is 0 Å². The van der Waals surface area contributed by atoms with E-state index in [4.69, 9.17) is 4.99 Å². The molecular formula is C17H31N5. The van der Waals surface area contributed by atoms with Crippen LogP contribution in [0.1, 0.15) is 51.6 Å². The minimum atomic E-state index is 0.118. The lowest BCUT2D eigenvalue weighted by atomic mass is 9.65. The van der Waals surface area contributed by atoms with Crippen molar-refractivity contribution in [2.45, 2.75) is 60.5 Å². The standard InChI is InChI=1S/C17H31N5/c1-9-18-15(22-11-16(4,5)17(22,6)7)19-10-14-12(2)20-21(8)13(14)3/h9-11H2,1-8H3,(H,18,19). The SMILES string of the molecule is CCNC(=NCc1c(C)nn(C)c1C)N1CC(C)(C)C1(C)C. The Bertz CT molecular complexity index is 580. The fourth-order valence-corrected chi connectivity index (χ4v) is 3.00. The summed E-state index contributed by atoms with van der Waals surface area (Å²) in [5.41, 5.74) is 3.93. The highest BCUT2D eigenvalue weighted by atomic mass is 15.4. The Morgan fingerprint density at radius 1 is 1.27 bits per heavy atom. The molecule has 1 aliphatic rings. The molecule has 1 aromatic rings. The molecule has 1 aliphatic heterocycles. The van der Waals surface area contributed by atoms with Crippen molar-refractivity contribution in [2.75, 3.05) is 13.1 Å². The maximum absolute atomic E-state index is 4.88. The van der Waals surface area contributed by atoms with E-state index in [1.165, 1.54) is 11.3 Å². The Labute approximate surface area is 134 Å². The molecule has 0 spiro atoms. The van der Waals surface area contributed by atoms with Crippen molar-refractivity contribution in [3.63, 3.8) is 0 Å². The van der Waals surface area contributed by atoms with Gasteiger partial charge in [0.05, 0.1) is 12.2 Å². The molecule has 2 heterocycles. The highest BCUT2D eigenvalue weighted by Crippen LogP contribution is 2.46. The minimum Gasteiger partial charge on any atom is -0.356 e. The summed E-state index contributed by atoms with van der Waals surface area (Å²) in [7, 11) is 1.99. The third-order valence-corrected chi connectivity index (χ3v) is 5.52. The smallest absolute Gasteiger partial charge is 0.194 e. The van der Waals surface area contributed by atoms with E-state index in [2.05, 4.69) is 63.8 Å². The normalized spacial score (nSPS) is 20.0. The van der Waals surface area contributed by atoms with Gasteiger partial charge in [0.15, 0.2) is 5.96 Å². The highest BCUT2D eigenvalue weighted by Gasteiger charge is 2.53. The number of nitrogens with zero attached hydrogens (tertiary/aromatic N) is 4. The predicted molar refractivity (Wildman–Crippen MR) is 92.1 cm³/mol. The van der Waals surface area contributed by atoms with Crippen molar-refractivity contribution in [2.24, 2.45) is 17.5 Å². The molecule has 1 fully saturated rings. The third-order valence-electron chi connectivity index (χ3n) is 5.52. The number of aryl methyl sites for hydroxylation is 2. The average molecular weight is 305 g/mol. The maximum Gasteiger partial charge on any atom is 0.194 e. The van der Waals surface area contributed by atoms with Crippen LogP contribution in [0.5, 0.6) is 0 Å². The van der Waals surface area contributed by atoms with E-state index >= 15 is 0 Å². The highest BCUT2D eigenvalue weighted by molar-refractivity contribution is 5.82. The fourth-order valence-electron chi connectivity index (χ4n) is 3.00. The molecule has 22 heavy (non-hydrogen) atoms. The first-order valence-electron chi connectivity index (χ1n) is 8.17. The van der Waals surface area contributed by atoms with Gasteiger partial charge in [-0.3, -0.25) is 4.68 Å². The van der Waals surface area contributed by atoms with E-state index in [9.17, 15) is 0 Å². The average Bonchev–Trinajstić information content (AvgIpc) is 2.66. The molecule has 2 rings (SSSR count). The topological polar surface area (TPSA) is 45.5 Å². The van der Waals surface area contributed by atoms with E-state index < -0.39 is 0 Å². The number of likely N-dealkylation sites (tertiary alicyclic amines) is 1. The number of aliphatic imine (C=N–C) groups is 1. The molecule has 5 heteroatoms. The molecule has 0 saturated carbocycles. The van der Waals surface area contributed by atoms with Crippen LogP contribution >= 0.6 is 0 Å². The Morgan fingerprint density at radius 3 is 2.32 bits per heavy atom. The molecule has 0 aromatic carbocycles. The van der Waals surface area contributed by atoms with Crippen molar-refractivity contribution >= 4 is 5.96 Å². The molecule has 1 N–H and O–H groups in total. The summed E-state index contributed by atoms with van der Waals surface area (Å²) in [6.07, 6.45) is 0. The van der Waals surface area contributed by atoms with E-state index in [0.29, 0.717) is 12.0 Å². The van der Waals surface area contributed by atoms with E-state index in [1.807, 2.05) is 11.7 Å². The molecule has 1 saturated heterocycles. The number of aromatic nitrogens is 2. The quantitative estimate of drug-likeness (QED) is 0.690. The Morgan fingerprint density at radius 2 is 1.91 bits per heavy atom. The second kappa shape index (κ2) is 5.60. The lowest BCUT2D eigenvalue weighted by Crippen LogP contribution is -2.72. The monoisotopic (exact) mass is 305 g/mol. The molecule has 0 radical (unpaired) electrons. The third kappa shape index (κ3) is 2.61. The van der Waals surface area contributed by atoms with E-state index in [0.717, 1.165) is 24.7 Å². The second-order valence-electron chi connectivity index (χ2n) is 7.47. The van der Waals surface area contributed by atoms with Gasteiger partial charge in [-0.1, -0.05) is 13.8 Å². The van der Waals surface area contributed by atoms with Gasteiger partial charge < -0.3 is 10.2 Å². The summed E-state index contributed by atoms with van der Waals surface area (Å²) in [4.78, 5) is 7.27. The number of nitrogens with one attached hydrogen (secondary N) is 1. The van der Waals surface area contributed by atoms with Gasteiger partial charge in [-0.15, -0.1) is 0 Å². The summed E-state index contributed by atoms with van der Waals surface area (Å²) in [5, 5.41) is 7.92. The van der Waals surface area contributed by atoms with Crippen LogP contribution in [0, 0.1) is 19.3 Å². The van der Waals surface area contributed by atoms with Crippen LogP contribution in [-0.4, -0.2) is 39.3 Å². The first-order chi connectivity index (χ1) is 10.1. The van der Waals surface area contributed by atoms with Gasteiger partial charge in [0.2, 0.25) is 0 Å². The van der Waals surface area contributed by atoms with Gasteiger partial charge in [-0.25, -0.2) is 4.99 Å². The van der Waals surface area contributed by atoms with Crippen LogP contribution in [-0.2, 0) is 13.6 Å². The Kier molecular flexibility index (Phi) is 4.28. The Balaban J connectivity index is 2.22. The van der Waals surface area contributed by atoms with Crippen LogP contribution < -0.4 is 5.32 Å². The van der Waals surface area contributed by atoms with Gasteiger partial charge in [-0.2, -0.15) is 5.10 Å². The van der Waals surface area contributed by atoms with Gasteiger partial charge in [-0.05, 0) is 34.6 Å². The summed E-state index contributed by atoms with van der Waals surface area (Å²) >= 11 is 0.